The molecule has 0 bridgehead atoms. The van der Waals surface area contributed by atoms with Crippen LogP contribution < -0.4 is 0 Å². The molecule has 2 nitrogen and oxygen atoms in total. The Morgan fingerprint density at radius 3 is 1.65 bits per heavy atom. The highest BCUT2D eigenvalue weighted by atomic mass is 16.4. The zero-order chi connectivity index (χ0) is 15.7. The van der Waals surface area contributed by atoms with Gasteiger partial charge in [0.15, 0.2) is 0 Å². The summed E-state index contributed by atoms with van der Waals surface area (Å²) in [6.45, 7) is 14.7. The van der Waals surface area contributed by atoms with Crippen molar-refractivity contribution in [3.63, 3.8) is 0 Å². The lowest BCUT2D eigenvalue weighted by Crippen LogP contribution is -2.16. The lowest BCUT2D eigenvalue weighted by Gasteiger charge is -2.25. The van der Waals surface area contributed by atoms with E-state index >= 15 is 0 Å². The van der Waals surface area contributed by atoms with E-state index in [-0.39, 0.29) is 10.8 Å². The standard InChI is InChI=1S/C18H26O2/c1-12(16(19)20)8-13-9-14(17(2,3)4)11-15(10-13)18(5,6)7/h8-11H,1-7H3,(H,19,20)/b12-8+. The van der Waals surface area contributed by atoms with Crippen LogP contribution >= 0.6 is 0 Å². The van der Waals surface area contributed by atoms with E-state index < -0.39 is 5.97 Å². The van der Waals surface area contributed by atoms with Crippen molar-refractivity contribution in [3.8, 4) is 0 Å². The van der Waals surface area contributed by atoms with Crippen LogP contribution in [0.4, 0.5) is 0 Å². The maximum atomic E-state index is 11.0. The third-order valence-electron chi connectivity index (χ3n) is 3.41. The Bertz CT molecular complexity index is 505. The van der Waals surface area contributed by atoms with Crippen molar-refractivity contribution in [3.05, 3.63) is 40.5 Å². The van der Waals surface area contributed by atoms with Crippen LogP contribution in [0, 0.1) is 0 Å². The van der Waals surface area contributed by atoms with Crippen molar-refractivity contribution in [2.45, 2.75) is 59.3 Å². The molecule has 20 heavy (non-hydrogen) atoms. The van der Waals surface area contributed by atoms with E-state index in [9.17, 15) is 4.79 Å². The van der Waals surface area contributed by atoms with E-state index in [0.29, 0.717) is 5.57 Å². The first kappa shape index (κ1) is 16.5. The van der Waals surface area contributed by atoms with Crippen LogP contribution in [0.25, 0.3) is 6.08 Å². The molecule has 0 aliphatic heterocycles. The van der Waals surface area contributed by atoms with Gasteiger partial charge in [0.05, 0.1) is 0 Å². The normalized spacial score (nSPS) is 13.4. The summed E-state index contributed by atoms with van der Waals surface area (Å²) in [5.74, 6) is -0.872. The lowest BCUT2D eigenvalue weighted by molar-refractivity contribution is -0.132. The maximum Gasteiger partial charge on any atom is 0.331 e. The number of hydrogen-bond acceptors (Lipinski definition) is 1. The number of carboxylic acid groups (broad SMARTS) is 1. The SMILES string of the molecule is C/C(=C\c1cc(C(C)(C)C)cc(C(C)(C)C)c1)C(=O)O. The molecule has 0 saturated heterocycles. The monoisotopic (exact) mass is 274 g/mol. The Hall–Kier alpha value is -1.57. The number of aliphatic carboxylic acids is 1. The summed E-state index contributed by atoms with van der Waals surface area (Å²) in [5, 5.41) is 9.03. The summed E-state index contributed by atoms with van der Waals surface area (Å²) >= 11 is 0. The predicted molar refractivity (Wildman–Crippen MR) is 85.1 cm³/mol. The molecule has 0 radical (unpaired) electrons. The van der Waals surface area contributed by atoms with Crippen LogP contribution in [0.5, 0.6) is 0 Å². The molecule has 0 unspecified atom stereocenters. The fourth-order valence-electron chi connectivity index (χ4n) is 1.91. The van der Waals surface area contributed by atoms with Gasteiger partial charge in [-0.05, 0) is 40.5 Å². The Morgan fingerprint density at radius 2 is 1.35 bits per heavy atom. The first-order chi connectivity index (χ1) is 8.91. The van der Waals surface area contributed by atoms with E-state index in [4.69, 9.17) is 5.11 Å². The molecular weight excluding hydrogens is 248 g/mol. The van der Waals surface area contributed by atoms with Crippen LogP contribution in [0.1, 0.15) is 65.2 Å². The second kappa shape index (κ2) is 5.43. The van der Waals surface area contributed by atoms with Gasteiger partial charge in [0.2, 0.25) is 0 Å². The second-order valence-corrected chi connectivity index (χ2v) is 7.48. The largest absolute Gasteiger partial charge is 0.478 e. The summed E-state index contributed by atoms with van der Waals surface area (Å²) in [4.78, 5) is 11.0. The molecular formula is C18H26O2. The molecule has 1 N–H and O–H groups in total. The molecule has 0 aliphatic rings. The lowest BCUT2D eigenvalue weighted by atomic mass is 9.79. The van der Waals surface area contributed by atoms with E-state index in [1.54, 1.807) is 13.0 Å². The van der Waals surface area contributed by atoms with Crippen LogP contribution in [-0.4, -0.2) is 11.1 Å². The Balaban J connectivity index is 3.47. The fourth-order valence-corrected chi connectivity index (χ4v) is 1.91. The minimum Gasteiger partial charge on any atom is -0.478 e. The van der Waals surface area contributed by atoms with Crippen LogP contribution in [-0.2, 0) is 15.6 Å². The van der Waals surface area contributed by atoms with Crippen molar-refractivity contribution in [1.29, 1.82) is 0 Å². The van der Waals surface area contributed by atoms with Gasteiger partial charge in [-0.2, -0.15) is 0 Å². The van der Waals surface area contributed by atoms with Crippen molar-refractivity contribution in [2.75, 3.05) is 0 Å². The molecule has 1 rings (SSSR count). The van der Waals surface area contributed by atoms with Crippen molar-refractivity contribution >= 4 is 12.0 Å². The number of hydrogen-bond donors (Lipinski definition) is 1. The summed E-state index contributed by atoms with van der Waals surface area (Å²) < 4.78 is 0. The van der Waals surface area contributed by atoms with E-state index in [1.165, 1.54) is 11.1 Å². The fraction of sp³-hybridized carbons (Fsp3) is 0.500. The second-order valence-electron chi connectivity index (χ2n) is 7.48. The number of carboxylic acids is 1. The molecule has 110 valence electrons. The molecule has 0 spiro atoms. The highest BCUT2D eigenvalue weighted by Crippen LogP contribution is 2.30. The van der Waals surface area contributed by atoms with Gasteiger partial charge in [-0.15, -0.1) is 0 Å². The number of rotatable bonds is 2. The summed E-state index contributed by atoms with van der Waals surface area (Å²) in [5.41, 5.74) is 3.86. The highest BCUT2D eigenvalue weighted by molar-refractivity contribution is 5.91. The third-order valence-corrected chi connectivity index (χ3v) is 3.41. The van der Waals surface area contributed by atoms with Gasteiger partial charge in [-0.1, -0.05) is 59.7 Å². The number of carbonyl (C=O) groups is 1. The Morgan fingerprint density at radius 1 is 0.950 bits per heavy atom. The topological polar surface area (TPSA) is 37.3 Å². The molecule has 2 heteroatoms. The molecule has 0 atom stereocenters. The zero-order valence-electron chi connectivity index (χ0n) is 13.7. The van der Waals surface area contributed by atoms with Crippen LogP contribution in [0.3, 0.4) is 0 Å². The molecule has 0 fully saturated rings. The summed E-state index contributed by atoms with van der Waals surface area (Å²) in [6, 6.07) is 6.40. The van der Waals surface area contributed by atoms with Gasteiger partial charge in [0.25, 0.3) is 0 Å². The average Bonchev–Trinajstić information content (AvgIpc) is 2.26. The summed E-state index contributed by atoms with van der Waals surface area (Å²) in [6.07, 6.45) is 1.74. The smallest absolute Gasteiger partial charge is 0.331 e. The molecule has 0 amide bonds. The van der Waals surface area contributed by atoms with Gasteiger partial charge < -0.3 is 5.11 Å². The highest BCUT2D eigenvalue weighted by Gasteiger charge is 2.20. The Labute approximate surface area is 122 Å². The van der Waals surface area contributed by atoms with Crippen molar-refractivity contribution < 1.29 is 9.90 Å². The van der Waals surface area contributed by atoms with Crippen LogP contribution in [0.15, 0.2) is 23.8 Å². The van der Waals surface area contributed by atoms with E-state index in [0.717, 1.165) is 5.56 Å². The van der Waals surface area contributed by atoms with Gasteiger partial charge in [-0.3, -0.25) is 0 Å². The molecule has 0 aromatic heterocycles. The molecule has 0 saturated carbocycles. The van der Waals surface area contributed by atoms with Gasteiger partial charge >= 0.3 is 5.97 Å². The quantitative estimate of drug-likeness (QED) is 0.789. The zero-order valence-corrected chi connectivity index (χ0v) is 13.7. The summed E-state index contributed by atoms with van der Waals surface area (Å²) in [7, 11) is 0. The van der Waals surface area contributed by atoms with E-state index in [2.05, 4.69) is 59.7 Å². The van der Waals surface area contributed by atoms with Crippen LogP contribution in [0.2, 0.25) is 0 Å². The maximum absolute atomic E-state index is 11.0. The molecule has 1 aromatic carbocycles. The van der Waals surface area contributed by atoms with Crippen molar-refractivity contribution in [1.82, 2.24) is 0 Å². The predicted octanol–water partition coefficient (Wildman–Crippen LogP) is 4.77. The Kier molecular flexibility index (Phi) is 4.48. The molecule has 0 heterocycles. The molecule has 0 aliphatic carbocycles. The first-order valence-electron chi connectivity index (χ1n) is 6.99. The average molecular weight is 274 g/mol. The minimum absolute atomic E-state index is 0.0426. The van der Waals surface area contributed by atoms with Gasteiger partial charge in [0.1, 0.15) is 0 Å². The first-order valence-corrected chi connectivity index (χ1v) is 6.99. The van der Waals surface area contributed by atoms with E-state index in [1.807, 2.05) is 0 Å². The number of benzene rings is 1. The third kappa shape index (κ3) is 4.22. The van der Waals surface area contributed by atoms with Gasteiger partial charge in [-0.25, -0.2) is 4.79 Å². The van der Waals surface area contributed by atoms with Gasteiger partial charge in [0, 0.05) is 5.57 Å². The minimum atomic E-state index is -0.872. The molecule has 1 aromatic rings. The van der Waals surface area contributed by atoms with Crippen molar-refractivity contribution in [2.24, 2.45) is 0 Å².